The Hall–Kier alpha value is -2.02. The standard InChI is InChI=1S/C18H20ClN5O/c19-15-3-1-13(2-4-15)16(25)12-23-8-5-14(6-9-23)18-22-21-17-11-20-7-10-24(17)18/h1-4,7,10-11,14,16,25H,5-6,8-9,12H2. The monoisotopic (exact) mass is 357 g/mol. The minimum Gasteiger partial charge on any atom is -0.387 e. The Morgan fingerprint density at radius 1 is 1.16 bits per heavy atom. The number of likely N-dealkylation sites (tertiary alicyclic amines) is 1. The highest BCUT2D eigenvalue weighted by molar-refractivity contribution is 6.30. The van der Waals surface area contributed by atoms with E-state index in [4.69, 9.17) is 11.6 Å². The molecule has 1 N–H and O–H groups in total. The summed E-state index contributed by atoms with van der Waals surface area (Å²) in [5.74, 6) is 1.40. The zero-order valence-corrected chi connectivity index (χ0v) is 14.5. The molecular weight excluding hydrogens is 338 g/mol. The first-order valence-corrected chi connectivity index (χ1v) is 8.89. The molecule has 0 radical (unpaired) electrons. The van der Waals surface area contributed by atoms with E-state index in [9.17, 15) is 5.11 Å². The fourth-order valence-electron chi connectivity index (χ4n) is 3.46. The van der Waals surface area contributed by atoms with Crippen LogP contribution >= 0.6 is 11.6 Å². The van der Waals surface area contributed by atoms with Crippen molar-refractivity contribution >= 4 is 17.2 Å². The van der Waals surface area contributed by atoms with E-state index in [0.29, 0.717) is 17.5 Å². The molecule has 1 aromatic carbocycles. The lowest BCUT2D eigenvalue weighted by Crippen LogP contribution is -2.36. The molecule has 1 unspecified atom stereocenters. The van der Waals surface area contributed by atoms with Crippen LogP contribution in [-0.4, -0.2) is 49.2 Å². The summed E-state index contributed by atoms with van der Waals surface area (Å²) in [4.78, 5) is 6.39. The van der Waals surface area contributed by atoms with Gasteiger partial charge in [0.1, 0.15) is 5.82 Å². The van der Waals surface area contributed by atoms with Crippen molar-refractivity contribution in [2.45, 2.75) is 24.9 Å². The van der Waals surface area contributed by atoms with Gasteiger partial charge < -0.3 is 10.0 Å². The molecule has 7 heteroatoms. The fraction of sp³-hybridized carbons (Fsp3) is 0.389. The molecule has 1 aliphatic rings. The van der Waals surface area contributed by atoms with Gasteiger partial charge in [0, 0.05) is 29.9 Å². The van der Waals surface area contributed by atoms with Gasteiger partial charge in [-0.3, -0.25) is 9.38 Å². The minimum absolute atomic E-state index is 0.390. The van der Waals surface area contributed by atoms with Crippen molar-refractivity contribution < 1.29 is 5.11 Å². The molecule has 0 bridgehead atoms. The molecule has 1 atom stereocenters. The first-order chi connectivity index (χ1) is 12.2. The van der Waals surface area contributed by atoms with Crippen LogP contribution in [0.3, 0.4) is 0 Å². The Balaban J connectivity index is 1.37. The van der Waals surface area contributed by atoms with E-state index >= 15 is 0 Å². The van der Waals surface area contributed by atoms with Crippen molar-refractivity contribution in [1.82, 2.24) is 24.5 Å². The zero-order valence-electron chi connectivity index (χ0n) is 13.8. The molecule has 3 aromatic rings. The maximum atomic E-state index is 10.4. The van der Waals surface area contributed by atoms with E-state index in [0.717, 1.165) is 43.0 Å². The van der Waals surface area contributed by atoms with E-state index in [-0.39, 0.29) is 0 Å². The van der Waals surface area contributed by atoms with Crippen molar-refractivity contribution in [1.29, 1.82) is 0 Å². The summed E-state index contributed by atoms with van der Waals surface area (Å²) < 4.78 is 2.02. The molecule has 0 saturated carbocycles. The summed E-state index contributed by atoms with van der Waals surface area (Å²) in [7, 11) is 0. The lowest BCUT2D eigenvalue weighted by atomic mass is 9.95. The minimum atomic E-state index is -0.492. The van der Waals surface area contributed by atoms with Crippen LogP contribution in [0, 0.1) is 0 Å². The van der Waals surface area contributed by atoms with Gasteiger partial charge in [0.25, 0.3) is 0 Å². The number of fused-ring (bicyclic) bond motifs is 1. The summed E-state index contributed by atoms with van der Waals surface area (Å²) in [5, 5.41) is 19.7. The summed E-state index contributed by atoms with van der Waals surface area (Å²) in [6, 6.07) is 7.40. The SMILES string of the molecule is OC(CN1CCC(c2nnc3cnccn23)CC1)c1ccc(Cl)cc1. The molecule has 2 aromatic heterocycles. The number of aromatic nitrogens is 4. The van der Waals surface area contributed by atoms with Gasteiger partial charge in [-0.1, -0.05) is 23.7 Å². The fourth-order valence-corrected chi connectivity index (χ4v) is 3.58. The normalized spacial score (nSPS) is 17.8. The molecule has 1 fully saturated rings. The second kappa shape index (κ2) is 7.07. The number of hydrogen-bond acceptors (Lipinski definition) is 5. The Labute approximate surface area is 151 Å². The van der Waals surface area contributed by atoms with Crippen LogP contribution in [0.1, 0.15) is 36.3 Å². The molecule has 130 valence electrons. The average Bonchev–Trinajstić information content (AvgIpc) is 3.07. The Kier molecular flexibility index (Phi) is 4.65. The van der Waals surface area contributed by atoms with Crippen molar-refractivity contribution in [3.63, 3.8) is 0 Å². The third-order valence-corrected chi connectivity index (χ3v) is 5.13. The number of aliphatic hydroxyl groups is 1. The number of piperidine rings is 1. The summed E-state index contributed by atoms with van der Waals surface area (Å²) in [5.41, 5.74) is 1.69. The molecule has 3 heterocycles. The first kappa shape index (κ1) is 16.4. The van der Waals surface area contributed by atoms with Gasteiger partial charge in [0.05, 0.1) is 12.3 Å². The van der Waals surface area contributed by atoms with Crippen LogP contribution in [0.15, 0.2) is 42.9 Å². The van der Waals surface area contributed by atoms with E-state index < -0.39 is 6.10 Å². The Morgan fingerprint density at radius 2 is 1.92 bits per heavy atom. The van der Waals surface area contributed by atoms with E-state index in [1.165, 1.54) is 0 Å². The molecule has 6 nitrogen and oxygen atoms in total. The third kappa shape index (κ3) is 3.51. The smallest absolute Gasteiger partial charge is 0.179 e. The van der Waals surface area contributed by atoms with Gasteiger partial charge in [-0.2, -0.15) is 0 Å². The molecule has 1 aliphatic heterocycles. The summed E-state index contributed by atoms with van der Waals surface area (Å²) in [6.45, 7) is 2.52. The van der Waals surface area contributed by atoms with Crippen LogP contribution in [0.2, 0.25) is 5.02 Å². The number of rotatable bonds is 4. The van der Waals surface area contributed by atoms with Crippen LogP contribution in [0.4, 0.5) is 0 Å². The van der Waals surface area contributed by atoms with Crippen LogP contribution in [-0.2, 0) is 0 Å². The Morgan fingerprint density at radius 3 is 2.68 bits per heavy atom. The summed E-state index contributed by atoms with van der Waals surface area (Å²) in [6.07, 6.45) is 6.94. The molecule has 0 spiro atoms. The van der Waals surface area contributed by atoms with Crippen molar-refractivity contribution in [2.24, 2.45) is 0 Å². The number of halogens is 1. The molecule has 4 rings (SSSR count). The van der Waals surface area contributed by atoms with E-state index in [2.05, 4.69) is 20.1 Å². The molecule has 1 saturated heterocycles. The largest absolute Gasteiger partial charge is 0.387 e. The number of hydrogen-bond donors (Lipinski definition) is 1. The molecular formula is C18H20ClN5O. The second-order valence-corrected chi connectivity index (χ2v) is 6.94. The van der Waals surface area contributed by atoms with Gasteiger partial charge in [0.2, 0.25) is 0 Å². The predicted octanol–water partition coefficient (Wildman–Crippen LogP) is 2.69. The van der Waals surface area contributed by atoms with Crippen LogP contribution in [0.5, 0.6) is 0 Å². The van der Waals surface area contributed by atoms with Crippen molar-refractivity contribution in [3.05, 3.63) is 59.3 Å². The number of aliphatic hydroxyl groups excluding tert-OH is 1. The highest BCUT2D eigenvalue weighted by atomic mass is 35.5. The third-order valence-electron chi connectivity index (χ3n) is 4.88. The highest BCUT2D eigenvalue weighted by Gasteiger charge is 2.25. The summed E-state index contributed by atoms with van der Waals surface area (Å²) >= 11 is 5.91. The first-order valence-electron chi connectivity index (χ1n) is 8.51. The number of nitrogens with zero attached hydrogens (tertiary/aromatic N) is 5. The van der Waals surface area contributed by atoms with Gasteiger partial charge in [-0.25, -0.2) is 0 Å². The molecule has 0 aliphatic carbocycles. The van der Waals surface area contributed by atoms with Gasteiger partial charge >= 0.3 is 0 Å². The molecule has 25 heavy (non-hydrogen) atoms. The van der Waals surface area contributed by atoms with Gasteiger partial charge in [-0.05, 0) is 43.6 Å². The van der Waals surface area contributed by atoms with E-state index in [1.807, 2.05) is 34.9 Å². The Bertz CT molecular complexity index is 842. The van der Waals surface area contributed by atoms with Gasteiger partial charge in [0.15, 0.2) is 5.65 Å². The number of β-amino-alcohol motifs (C(OH)–C–C–N with tert-alkyl or cyclic N) is 1. The quantitative estimate of drug-likeness (QED) is 0.777. The van der Waals surface area contributed by atoms with Crippen LogP contribution < -0.4 is 0 Å². The van der Waals surface area contributed by atoms with E-state index in [1.54, 1.807) is 12.4 Å². The molecule has 0 amide bonds. The average molecular weight is 358 g/mol. The zero-order chi connectivity index (χ0) is 17.2. The highest BCUT2D eigenvalue weighted by Crippen LogP contribution is 2.28. The maximum Gasteiger partial charge on any atom is 0.179 e. The van der Waals surface area contributed by atoms with Crippen LogP contribution in [0.25, 0.3) is 5.65 Å². The van der Waals surface area contributed by atoms with Gasteiger partial charge in [-0.15, -0.1) is 10.2 Å². The second-order valence-electron chi connectivity index (χ2n) is 6.50. The lowest BCUT2D eigenvalue weighted by molar-refractivity contribution is 0.0965. The topological polar surface area (TPSA) is 66.5 Å². The van der Waals surface area contributed by atoms with Crippen molar-refractivity contribution in [2.75, 3.05) is 19.6 Å². The predicted molar refractivity (Wildman–Crippen MR) is 95.6 cm³/mol. The maximum absolute atomic E-state index is 10.4. The van der Waals surface area contributed by atoms with Crippen molar-refractivity contribution in [3.8, 4) is 0 Å². The lowest BCUT2D eigenvalue weighted by Gasteiger charge is -2.32. The number of benzene rings is 1.